The first-order valence-corrected chi connectivity index (χ1v) is 11.2. The Morgan fingerprint density at radius 3 is 2.51 bits per heavy atom. The molecule has 10 atom stereocenters. The van der Waals surface area contributed by atoms with E-state index in [1.165, 1.54) is 19.1 Å². The minimum atomic E-state index is -1.91. The summed E-state index contributed by atoms with van der Waals surface area (Å²) in [5.41, 5.74) is -2.62. The molecule has 11 heteroatoms. The SMILES string of the molecule is C[C@]1(OC(=O)C=Cc2ccccc2)C[C@@H](O)[C@]2(O)C=CO[C@@H](O[C@@H]3O[C@H](CO)[C@@H](O)[C@H](O)[C@H]3O)[C@@H]21. The van der Waals surface area contributed by atoms with Crippen LogP contribution in [0.1, 0.15) is 18.9 Å². The van der Waals surface area contributed by atoms with E-state index in [1.807, 2.05) is 18.2 Å². The molecule has 11 nitrogen and oxygen atoms in total. The third-order valence-electron chi connectivity index (χ3n) is 6.77. The van der Waals surface area contributed by atoms with Crippen molar-refractivity contribution in [3.63, 3.8) is 0 Å². The van der Waals surface area contributed by atoms with Crippen molar-refractivity contribution in [2.24, 2.45) is 5.92 Å². The van der Waals surface area contributed by atoms with Gasteiger partial charge in [-0.3, -0.25) is 0 Å². The molecule has 1 aromatic carbocycles. The maximum atomic E-state index is 12.6. The van der Waals surface area contributed by atoms with Gasteiger partial charge < -0.3 is 49.6 Å². The summed E-state index contributed by atoms with van der Waals surface area (Å²) in [6.45, 7) is 0.852. The lowest BCUT2D eigenvalue weighted by Crippen LogP contribution is -2.62. The van der Waals surface area contributed by atoms with Gasteiger partial charge in [0.2, 0.25) is 6.29 Å². The van der Waals surface area contributed by atoms with Gasteiger partial charge in [-0.1, -0.05) is 30.3 Å². The summed E-state index contributed by atoms with van der Waals surface area (Å²) >= 11 is 0. The van der Waals surface area contributed by atoms with Crippen molar-refractivity contribution in [3.8, 4) is 0 Å². The molecule has 1 saturated carbocycles. The third-order valence-corrected chi connectivity index (χ3v) is 6.77. The van der Waals surface area contributed by atoms with Crippen LogP contribution in [0.15, 0.2) is 48.7 Å². The number of ether oxygens (including phenoxy) is 4. The average molecular weight is 494 g/mol. The Morgan fingerprint density at radius 2 is 1.83 bits per heavy atom. The molecule has 35 heavy (non-hydrogen) atoms. The predicted octanol–water partition coefficient (Wildman–Crippen LogP) is -1.20. The topological polar surface area (TPSA) is 175 Å². The van der Waals surface area contributed by atoms with Gasteiger partial charge in [0, 0.05) is 12.5 Å². The van der Waals surface area contributed by atoms with Crippen molar-refractivity contribution in [2.45, 2.75) is 67.6 Å². The van der Waals surface area contributed by atoms with Crippen LogP contribution < -0.4 is 0 Å². The normalized spacial score (nSPS) is 43.1. The first-order chi connectivity index (χ1) is 16.6. The van der Waals surface area contributed by atoms with E-state index in [0.29, 0.717) is 0 Å². The van der Waals surface area contributed by atoms with Crippen molar-refractivity contribution in [1.29, 1.82) is 0 Å². The largest absolute Gasteiger partial charge is 0.472 e. The number of benzene rings is 1. The van der Waals surface area contributed by atoms with E-state index in [2.05, 4.69) is 0 Å². The average Bonchev–Trinajstić information content (AvgIpc) is 3.03. The van der Waals surface area contributed by atoms with Gasteiger partial charge >= 0.3 is 5.97 Å². The second kappa shape index (κ2) is 9.96. The van der Waals surface area contributed by atoms with Gasteiger partial charge in [0.15, 0.2) is 6.29 Å². The predicted molar refractivity (Wildman–Crippen MR) is 118 cm³/mol. The number of hydrogen-bond acceptors (Lipinski definition) is 11. The molecule has 2 heterocycles. The summed E-state index contributed by atoms with van der Waals surface area (Å²) in [7, 11) is 0. The standard InChI is InChI=1S/C24H30O11/c1-23(35-16(27)8-7-13-5-3-2-4-6-13)11-15(26)24(31)9-10-32-22(20(23)24)34-21-19(30)18(29)17(28)14(12-25)33-21/h2-10,14-15,17-22,25-26,28-31H,11-12H2,1H3/t14-,15-,17-,18+,19-,20-,21+,22+,23+,24-/m1/s1. The fourth-order valence-corrected chi connectivity index (χ4v) is 4.92. The molecule has 1 saturated heterocycles. The molecule has 1 aliphatic carbocycles. The molecule has 0 aromatic heterocycles. The number of rotatable bonds is 6. The summed E-state index contributed by atoms with van der Waals surface area (Å²) in [5, 5.41) is 61.7. The molecule has 0 bridgehead atoms. The number of carbonyl (C=O) groups is 1. The molecule has 192 valence electrons. The Morgan fingerprint density at radius 1 is 1.11 bits per heavy atom. The van der Waals surface area contributed by atoms with E-state index in [0.717, 1.165) is 11.8 Å². The van der Waals surface area contributed by atoms with E-state index in [1.54, 1.807) is 18.2 Å². The minimum Gasteiger partial charge on any atom is -0.472 e. The van der Waals surface area contributed by atoms with Gasteiger partial charge in [0.1, 0.15) is 35.6 Å². The van der Waals surface area contributed by atoms with E-state index in [4.69, 9.17) is 18.9 Å². The first-order valence-electron chi connectivity index (χ1n) is 11.2. The molecule has 0 radical (unpaired) electrons. The Hall–Kier alpha value is -2.35. The summed E-state index contributed by atoms with van der Waals surface area (Å²) in [6.07, 6.45) is -5.57. The molecule has 6 N–H and O–H groups in total. The highest BCUT2D eigenvalue weighted by Crippen LogP contribution is 2.51. The van der Waals surface area contributed by atoms with Crippen LogP contribution >= 0.6 is 0 Å². The van der Waals surface area contributed by atoms with Crippen molar-refractivity contribution in [3.05, 3.63) is 54.3 Å². The molecule has 0 unspecified atom stereocenters. The molecular formula is C24H30O11. The Bertz CT molecular complexity index is 950. The van der Waals surface area contributed by atoms with E-state index < -0.39 is 72.8 Å². The van der Waals surface area contributed by atoms with Crippen LogP contribution in [0, 0.1) is 5.92 Å². The maximum Gasteiger partial charge on any atom is 0.331 e. The van der Waals surface area contributed by atoms with E-state index in [9.17, 15) is 35.4 Å². The summed E-state index contributed by atoms with van der Waals surface area (Å²) < 4.78 is 22.3. The van der Waals surface area contributed by atoms with Gasteiger partial charge in [-0.25, -0.2) is 4.79 Å². The van der Waals surface area contributed by atoms with Gasteiger partial charge in [-0.2, -0.15) is 0 Å². The van der Waals surface area contributed by atoms with Crippen LogP contribution in [-0.4, -0.2) is 97.5 Å². The Kier molecular flexibility index (Phi) is 7.32. The highest BCUT2D eigenvalue weighted by Gasteiger charge is 2.66. The van der Waals surface area contributed by atoms with Gasteiger partial charge in [0.05, 0.1) is 24.9 Å². The van der Waals surface area contributed by atoms with Crippen LogP contribution in [0.3, 0.4) is 0 Å². The third kappa shape index (κ3) is 4.86. The zero-order valence-electron chi connectivity index (χ0n) is 19.0. The number of hydrogen-bond donors (Lipinski definition) is 6. The number of carbonyl (C=O) groups excluding carboxylic acids is 1. The molecular weight excluding hydrogens is 464 g/mol. The van der Waals surface area contributed by atoms with Crippen molar-refractivity contribution >= 4 is 12.0 Å². The highest BCUT2D eigenvalue weighted by molar-refractivity contribution is 5.87. The summed E-state index contributed by atoms with van der Waals surface area (Å²) in [4.78, 5) is 12.6. The van der Waals surface area contributed by atoms with E-state index >= 15 is 0 Å². The molecule has 4 rings (SSSR count). The van der Waals surface area contributed by atoms with Crippen LogP contribution in [-0.2, 0) is 23.7 Å². The number of fused-ring (bicyclic) bond motifs is 1. The lowest BCUT2D eigenvalue weighted by Gasteiger charge is -2.45. The maximum absolute atomic E-state index is 12.6. The molecule has 2 aliphatic heterocycles. The van der Waals surface area contributed by atoms with Crippen LogP contribution in [0.5, 0.6) is 0 Å². The van der Waals surface area contributed by atoms with E-state index in [-0.39, 0.29) is 6.42 Å². The van der Waals surface area contributed by atoms with Crippen molar-refractivity contribution in [2.75, 3.05) is 6.61 Å². The van der Waals surface area contributed by atoms with Gasteiger partial charge in [-0.15, -0.1) is 0 Å². The van der Waals surface area contributed by atoms with Gasteiger partial charge in [-0.05, 0) is 24.6 Å². The molecule has 0 spiro atoms. The minimum absolute atomic E-state index is 0.151. The van der Waals surface area contributed by atoms with Crippen LogP contribution in [0.4, 0.5) is 0 Å². The summed E-state index contributed by atoms with van der Waals surface area (Å²) in [5.74, 6) is -1.90. The quantitative estimate of drug-likeness (QED) is 0.207. The smallest absolute Gasteiger partial charge is 0.331 e. The lowest BCUT2D eigenvalue weighted by atomic mass is 9.81. The Labute approximate surface area is 201 Å². The highest BCUT2D eigenvalue weighted by atomic mass is 16.8. The van der Waals surface area contributed by atoms with Crippen LogP contribution in [0.2, 0.25) is 0 Å². The second-order valence-electron chi connectivity index (χ2n) is 9.20. The fourth-order valence-electron chi connectivity index (χ4n) is 4.92. The number of esters is 1. The van der Waals surface area contributed by atoms with Crippen molar-refractivity contribution in [1.82, 2.24) is 0 Å². The molecule has 0 amide bonds. The zero-order valence-corrected chi connectivity index (χ0v) is 19.0. The molecule has 1 aromatic rings. The summed E-state index contributed by atoms with van der Waals surface area (Å²) in [6, 6.07) is 9.06. The zero-order chi connectivity index (χ0) is 25.4. The van der Waals surface area contributed by atoms with Crippen molar-refractivity contribution < 1.29 is 54.4 Å². The first kappa shape index (κ1) is 25.7. The number of aliphatic hydroxyl groups excluding tert-OH is 5. The fraction of sp³-hybridized carbons (Fsp3) is 0.542. The lowest BCUT2D eigenvalue weighted by molar-refractivity contribution is -0.351. The number of aliphatic hydroxyl groups is 6. The Balaban J connectivity index is 1.55. The van der Waals surface area contributed by atoms with Gasteiger partial charge in [0.25, 0.3) is 0 Å². The molecule has 2 fully saturated rings. The second-order valence-corrected chi connectivity index (χ2v) is 9.20. The van der Waals surface area contributed by atoms with Crippen LogP contribution in [0.25, 0.3) is 6.08 Å². The monoisotopic (exact) mass is 494 g/mol. The molecule has 3 aliphatic rings.